The Labute approximate surface area is 95.7 Å². The molecule has 0 aliphatic heterocycles. The topological polar surface area (TPSA) is 58.2 Å². The average molecular weight is 235 g/mol. The minimum atomic E-state index is -0.691. The maximum Gasteiger partial charge on any atom is 0.321 e. The molecule has 0 spiro atoms. The Hall–Kier alpha value is -0.770. The molecule has 0 aliphatic carbocycles. The van der Waals surface area contributed by atoms with Crippen LogP contribution in [0, 0.1) is 5.92 Å². The summed E-state index contributed by atoms with van der Waals surface area (Å²) in [5.41, 5.74) is 0. The SMILES string of the molecule is CCC(CC)CNC(=O)NC(=O)C(C)Cl. The highest BCUT2D eigenvalue weighted by atomic mass is 35.5. The number of hydrogen-bond acceptors (Lipinski definition) is 2. The molecule has 0 aromatic heterocycles. The van der Waals surface area contributed by atoms with E-state index in [1.807, 2.05) is 0 Å². The fourth-order valence-corrected chi connectivity index (χ4v) is 1.12. The van der Waals surface area contributed by atoms with Gasteiger partial charge in [-0.2, -0.15) is 0 Å². The zero-order chi connectivity index (χ0) is 11.8. The molecule has 0 aliphatic rings. The molecule has 0 heterocycles. The molecule has 1 unspecified atom stereocenters. The number of amides is 3. The highest BCUT2D eigenvalue weighted by Crippen LogP contribution is 2.04. The summed E-state index contributed by atoms with van der Waals surface area (Å²) < 4.78 is 0. The van der Waals surface area contributed by atoms with Crippen LogP contribution < -0.4 is 10.6 Å². The van der Waals surface area contributed by atoms with Crippen LogP contribution in [0.15, 0.2) is 0 Å². The summed E-state index contributed by atoms with van der Waals surface area (Å²) in [6, 6.07) is -0.473. The number of carbonyl (C=O) groups excluding carboxylic acids is 2. The van der Waals surface area contributed by atoms with Crippen molar-refractivity contribution in [1.29, 1.82) is 0 Å². The minimum Gasteiger partial charge on any atom is -0.338 e. The molecular weight excluding hydrogens is 216 g/mol. The second-order valence-electron chi connectivity index (χ2n) is 3.50. The molecule has 0 saturated carbocycles. The lowest BCUT2D eigenvalue weighted by molar-refractivity contribution is -0.119. The third-order valence-electron chi connectivity index (χ3n) is 2.30. The summed E-state index contributed by atoms with van der Waals surface area (Å²) in [5, 5.41) is 4.11. The number of rotatable bonds is 5. The van der Waals surface area contributed by atoms with Crippen molar-refractivity contribution in [1.82, 2.24) is 10.6 Å². The zero-order valence-corrected chi connectivity index (χ0v) is 10.2. The standard InChI is InChI=1S/C10H19ClN2O2/c1-4-8(5-2)6-12-10(15)13-9(14)7(3)11/h7-8H,4-6H2,1-3H3,(H2,12,13,14,15). The first-order valence-electron chi connectivity index (χ1n) is 5.24. The summed E-state index contributed by atoms with van der Waals surface area (Å²) in [7, 11) is 0. The number of imide groups is 1. The van der Waals surface area contributed by atoms with E-state index in [-0.39, 0.29) is 0 Å². The monoisotopic (exact) mass is 234 g/mol. The third-order valence-corrected chi connectivity index (χ3v) is 2.50. The van der Waals surface area contributed by atoms with E-state index in [1.54, 1.807) is 0 Å². The first-order chi connectivity index (χ1) is 7.01. The first-order valence-corrected chi connectivity index (χ1v) is 5.67. The molecular formula is C10H19ClN2O2. The lowest BCUT2D eigenvalue weighted by Gasteiger charge is -2.13. The van der Waals surface area contributed by atoms with E-state index in [1.165, 1.54) is 6.92 Å². The van der Waals surface area contributed by atoms with Crippen molar-refractivity contribution in [2.75, 3.05) is 6.54 Å². The maximum atomic E-state index is 11.2. The molecule has 88 valence electrons. The Morgan fingerprint density at radius 3 is 2.20 bits per heavy atom. The molecule has 0 bridgehead atoms. The Balaban J connectivity index is 3.79. The van der Waals surface area contributed by atoms with Crippen LogP contribution in [0.4, 0.5) is 4.79 Å². The molecule has 0 rings (SSSR count). The largest absolute Gasteiger partial charge is 0.338 e. The fraction of sp³-hybridized carbons (Fsp3) is 0.800. The fourth-order valence-electron chi connectivity index (χ4n) is 1.07. The molecule has 3 amide bonds. The molecule has 4 nitrogen and oxygen atoms in total. The molecule has 5 heteroatoms. The van der Waals surface area contributed by atoms with E-state index < -0.39 is 17.3 Å². The van der Waals surface area contributed by atoms with Gasteiger partial charge in [0.15, 0.2) is 0 Å². The lowest BCUT2D eigenvalue weighted by Crippen LogP contribution is -2.43. The predicted octanol–water partition coefficient (Wildman–Crippen LogP) is 1.88. The highest BCUT2D eigenvalue weighted by molar-refractivity contribution is 6.31. The van der Waals surface area contributed by atoms with Gasteiger partial charge in [-0.25, -0.2) is 4.79 Å². The second kappa shape index (κ2) is 7.51. The van der Waals surface area contributed by atoms with Gasteiger partial charge in [0.25, 0.3) is 0 Å². The number of urea groups is 1. The van der Waals surface area contributed by atoms with Gasteiger partial charge in [0, 0.05) is 6.54 Å². The van der Waals surface area contributed by atoms with Crippen molar-refractivity contribution < 1.29 is 9.59 Å². The summed E-state index contributed by atoms with van der Waals surface area (Å²) in [5.74, 6) is -0.0157. The quantitative estimate of drug-likeness (QED) is 0.714. The second-order valence-corrected chi connectivity index (χ2v) is 4.15. The van der Waals surface area contributed by atoms with Gasteiger partial charge >= 0.3 is 6.03 Å². The molecule has 0 aromatic carbocycles. The van der Waals surface area contributed by atoms with E-state index in [2.05, 4.69) is 24.5 Å². The van der Waals surface area contributed by atoms with Crippen LogP contribution in [-0.4, -0.2) is 23.9 Å². The summed E-state index contributed by atoms with van der Waals surface area (Å²) >= 11 is 5.50. The van der Waals surface area contributed by atoms with Crippen molar-refractivity contribution in [2.45, 2.75) is 39.0 Å². The molecule has 2 N–H and O–H groups in total. The van der Waals surface area contributed by atoms with Gasteiger partial charge in [0.2, 0.25) is 5.91 Å². The number of nitrogens with one attached hydrogen (secondary N) is 2. The summed E-state index contributed by atoms with van der Waals surface area (Å²) in [6.07, 6.45) is 2.02. The summed E-state index contributed by atoms with van der Waals surface area (Å²) in [4.78, 5) is 22.2. The van der Waals surface area contributed by atoms with E-state index in [0.717, 1.165) is 12.8 Å². The zero-order valence-electron chi connectivity index (χ0n) is 9.47. The highest BCUT2D eigenvalue weighted by Gasteiger charge is 2.13. The molecule has 0 saturated heterocycles. The van der Waals surface area contributed by atoms with Crippen LogP contribution in [0.3, 0.4) is 0 Å². The van der Waals surface area contributed by atoms with Gasteiger partial charge in [-0.3, -0.25) is 10.1 Å². The van der Waals surface area contributed by atoms with E-state index in [4.69, 9.17) is 11.6 Å². The van der Waals surface area contributed by atoms with Gasteiger partial charge in [-0.05, 0) is 12.8 Å². The van der Waals surface area contributed by atoms with E-state index in [9.17, 15) is 9.59 Å². The normalized spacial score (nSPS) is 12.3. The Morgan fingerprint density at radius 2 is 1.80 bits per heavy atom. The van der Waals surface area contributed by atoms with Crippen molar-refractivity contribution in [2.24, 2.45) is 5.92 Å². The third kappa shape index (κ3) is 6.33. The number of carbonyl (C=O) groups is 2. The van der Waals surface area contributed by atoms with Crippen molar-refractivity contribution >= 4 is 23.5 Å². The minimum absolute atomic E-state index is 0.458. The van der Waals surface area contributed by atoms with E-state index >= 15 is 0 Å². The van der Waals surface area contributed by atoms with Crippen LogP contribution in [-0.2, 0) is 4.79 Å². The molecule has 1 atom stereocenters. The van der Waals surface area contributed by atoms with Crippen LogP contribution in [0.25, 0.3) is 0 Å². The van der Waals surface area contributed by atoms with Gasteiger partial charge in [-0.1, -0.05) is 26.7 Å². The molecule has 0 radical (unpaired) electrons. The van der Waals surface area contributed by atoms with Gasteiger partial charge in [0.05, 0.1) is 0 Å². The Kier molecular flexibility index (Phi) is 7.13. The molecule has 15 heavy (non-hydrogen) atoms. The van der Waals surface area contributed by atoms with Crippen LogP contribution in [0.1, 0.15) is 33.6 Å². The van der Waals surface area contributed by atoms with Crippen molar-refractivity contribution in [3.63, 3.8) is 0 Å². The Morgan fingerprint density at radius 1 is 1.27 bits per heavy atom. The maximum absolute atomic E-state index is 11.2. The van der Waals surface area contributed by atoms with Gasteiger partial charge in [-0.15, -0.1) is 11.6 Å². The first kappa shape index (κ1) is 14.2. The van der Waals surface area contributed by atoms with Crippen molar-refractivity contribution in [3.05, 3.63) is 0 Å². The van der Waals surface area contributed by atoms with Crippen LogP contribution >= 0.6 is 11.6 Å². The summed E-state index contributed by atoms with van der Waals surface area (Å²) in [6.45, 7) is 6.24. The predicted molar refractivity (Wildman–Crippen MR) is 60.9 cm³/mol. The van der Waals surface area contributed by atoms with Crippen LogP contribution in [0.5, 0.6) is 0 Å². The number of halogens is 1. The van der Waals surface area contributed by atoms with Gasteiger partial charge in [0.1, 0.15) is 5.38 Å². The Bertz CT molecular complexity index is 215. The number of alkyl halides is 1. The molecule has 0 fully saturated rings. The average Bonchev–Trinajstić information content (AvgIpc) is 2.19. The lowest BCUT2D eigenvalue weighted by atomic mass is 10.0. The van der Waals surface area contributed by atoms with Crippen LogP contribution in [0.2, 0.25) is 0 Å². The van der Waals surface area contributed by atoms with E-state index in [0.29, 0.717) is 12.5 Å². The smallest absolute Gasteiger partial charge is 0.321 e. The number of hydrogen-bond donors (Lipinski definition) is 2. The van der Waals surface area contributed by atoms with Crippen molar-refractivity contribution in [3.8, 4) is 0 Å². The van der Waals surface area contributed by atoms with Gasteiger partial charge < -0.3 is 5.32 Å². The molecule has 0 aromatic rings.